The molecule has 1 fully saturated rings. The van der Waals surface area contributed by atoms with Gasteiger partial charge in [0.15, 0.2) is 0 Å². The van der Waals surface area contributed by atoms with E-state index in [1.807, 2.05) is 0 Å². The fourth-order valence-corrected chi connectivity index (χ4v) is 0.934. The van der Waals surface area contributed by atoms with E-state index in [0.29, 0.717) is 12.6 Å². The number of rotatable bonds is 5. The smallest absolute Gasteiger partial charge is 0.0810 e. The van der Waals surface area contributed by atoms with Gasteiger partial charge in [-0.3, -0.25) is 0 Å². The number of hydrogen-bond acceptors (Lipinski definition) is 3. The van der Waals surface area contributed by atoms with Crippen LogP contribution in [0.25, 0.3) is 0 Å². The SMILES string of the molecule is NCC(O)CCCC1CO1. The third-order valence-electron chi connectivity index (χ3n) is 1.74. The summed E-state index contributed by atoms with van der Waals surface area (Å²) < 4.78 is 5.01. The van der Waals surface area contributed by atoms with Crippen molar-refractivity contribution in [3.63, 3.8) is 0 Å². The van der Waals surface area contributed by atoms with Crippen molar-refractivity contribution in [3.8, 4) is 0 Å². The van der Waals surface area contributed by atoms with E-state index in [1.165, 1.54) is 0 Å². The van der Waals surface area contributed by atoms with Crippen molar-refractivity contribution in [2.24, 2.45) is 5.73 Å². The molecule has 1 heterocycles. The molecule has 0 aliphatic carbocycles. The quantitative estimate of drug-likeness (QED) is 0.530. The minimum atomic E-state index is -0.307. The highest BCUT2D eigenvalue weighted by atomic mass is 16.6. The zero-order valence-corrected chi connectivity index (χ0v) is 6.12. The van der Waals surface area contributed by atoms with Gasteiger partial charge in [-0.2, -0.15) is 0 Å². The van der Waals surface area contributed by atoms with Gasteiger partial charge < -0.3 is 15.6 Å². The molecule has 1 aliphatic heterocycles. The molecule has 0 aromatic carbocycles. The molecule has 2 unspecified atom stereocenters. The molecule has 3 heteroatoms. The molecular formula is C7H15NO2. The summed E-state index contributed by atoms with van der Waals surface area (Å²) >= 11 is 0. The van der Waals surface area contributed by atoms with E-state index in [0.717, 1.165) is 25.9 Å². The summed E-state index contributed by atoms with van der Waals surface area (Å²) in [5.74, 6) is 0. The topological polar surface area (TPSA) is 58.8 Å². The first-order valence-corrected chi connectivity index (χ1v) is 3.82. The van der Waals surface area contributed by atoms with Crippen LogP contribution in [0.4, 0.5) is 0 Å². The Hall–Kier alpha value is -0.120. The maximum atomic E-state index is 9.03. The molecule has 0 aromatic rings. The van der Waals surface area contributed by atoms with Gasteiger partial charge in [-0.25, -0.2) is 0 Å². The summed E-state index contributed by atoms with van der Waals surface area (Å²) in [6.45, 7) is 1.30. The average Bonchev–Trinajstić information content (AvgIpc) is 2.71. The predicted molar refractivity (Wildman–Crippen MR) is 38.7 cm³/mol. The molecule has 1 aliphatic rings. The first-order chi connectivity index (χ1) is 4.83. The van der Waals surface area contributed by atoms with E-state index in [1.54, 1.807) is 0 Å². The molecule has 1 saturated heterocycles. The molecule has 0 amide bonds. The van der Waals surface area contributed by atoms with Crippen molar-refractivity contribution in [2.45, 2.75) is 31.5 Å². The van der Waals surface area contributed by atoms with E-state index in [4.69, 9.17) is 15.6 Å². The van der Waals surface area contributed by atoms with E-state index in [2.05, 4.69) is 0 Å². The standard InChI is InChI=1S/C7H15NO2/c8-4-6(9)2-1-3-7-5-10-7/h6-7,9H,1-5,8H2. The molecule has 3 N–H and O–H groups in total. The fraction of sp³-hybridized carbons (Fsp3) is 1.00. The fourth-order valence-electron chi connectivity index (χ4n) is 0.934. The van der Waals surface area contributed by atoms with Crippen molar-refractivity contribution in [1.82, 2.24) is 0 Å². The molecule has 3 nitrogen and oxygen atoms in total. The summed E-state index contributed by atoms with van der Waals surface area (Å²) in [6, 6.07) is 0. The van der Waals surface area contributed by atoms with Crippen LogP contribution in [0.1, 0.15) is 19.3 Å². The Labute approximate surface area is 61.2 Å². The van der Waals surface area contributed by atoms with Gasteiger partial charge in [0, 0.05) is 6.54 Å². The van der Waals surface area contributed by atoms with Crippen LogP contribution in [0, 0.1) is 0 Å². The molecule has 1 rings (SSSR count). The highest BCUT2D eigenvalue weighted by molar-refractivity contribution is 4.69. The summed E-state index contributed by atoms with van der Waals surface area (Å²) in [5, 5.41) is 9.03. The normalized spacial score (nSPS) is 26.4. The lowest BCUT2D eigenvalue weighted by atomic mass is 10.1. The van der Waals surface area contributed by atoms with Crippen LogP contribution in [0.2, 0.25) is 0 Å². The molecule has 60 valence electrons. The molecule has 0 saturated carbocycles. The third-order valence-corrected chi connectivity index (χ3v) is 1.74. The molecule has 0 aromatic heterocycles. The van der Waals surface area contributed by atoms with Crippen LogP contribution >= 0.6 is 0 Å². The van der Waals surface area contributed by atoms with Crippen molar-refractivity contribution < 1.29 is 9.84 Å². The molecular weight excluding hydrogens is 130 g/mol. The summed E-state index contributed by atoms with van der Waals surface area (Å²) in [4.78, 5) is 0. The Balaban J connectivity index is 1.83. The van der Waals surface area contributed by atoms with Gasteiger partial charge in [-0.1, -0.05) is 0 Å². The summed E-state index contributed by atoms with van der Waals surface area (Å²) in [7, 11) is 0. The number of aliphatic hydroxyl groups is 1. The second-order valence-electron chi connectivity index (χ2n) is 2.78. The highest BCUT2D eigenvalue weighted by Crippen LogP contribution is 2.16. The number of hydrogen-bond donors (Lipinski definition) is 2. The van der Waals surface area contributed by atoms with Gasteiger partial charge in [-0.05, 0) is 19.3 Å². The maximum absolute atomic E-state index is 9.03. The zero-order valence-electron chi connectivity index (χ0n) is 6.12. The Bertz CT molecular complexity index is 93.6. The predicted octanol–water partition coefficient (Wildman–Crippen LogP) is -0.125. The monoisotopic (exact) mass is 145 g/mol. The third kappa shape index (κ3) is 3.15. The van der Waals surface area contributed by atoms with Crippen molar-refractivity contribution >= 4 is 0 Å². The van der Waals surface area contributed by atoms with Crippen molar-refractivity contribution in [3.05, 3.63) is 0 Å². The number of epoxide rings is 1. The van der Waals surface area contributed by atoms with Crippen LogP contribution < -0.4 is 5.73 Å². The first-order valence-electron chi connectivity index (χ1n) is 3.82. The second-order valence-corrected chi connectivity index (χ2v) is 2.78. The molecule has 2 atom stereocenters. The van der Waals surface area contributed by atoms with Crippen LogP contribution in [-0.4, -0.2) is 30.5 Å². The Morgan fingerprint density at radius 1 is 1.70 bits per heavy atom. The Morgan fingerprint density at radius 3 is 2.90 bits per heavy atom. The van der Waals surface area contributed by atoms with E-state index >= 15 is 0 Å². The van der Waals surface area contributed by atoms with E-state index < -0.39 is 0 Å². The lowest BCUT2D eigenvalue weighted by Gasteiger charge is -2.04. The number of aliphatic hydroxyl groups excluding tert-OH is 1. The zero-order chi connectivity index (χ0) is 7.40. The van der Waals surface area contributed by atoms with Crippen LogP contribution in [-0.2, 0) is 4.74 Å². The molecule has 0 spiro atoms. The minimum Gasteiger partial charge on any atom is -0.392 e. The Morgan fingerprint density at radius 2 is 2.40 bits per heavy atom. The lowest BCUT2D eigenvalue weighted by Crippen LogP contribution is -2.19. The van der Waals surface area contributed by atoms with Crippen LogP contribution in [0.3, 0.4) is 0 Å². The van der Waals surface area contributed by atoms with Gasteiger partial charge in [-0.15, -0.1) is 0 Å². The maximum Gasteiger partial charge on any atom is 0.0810 e. The second kappa shape index (κ2) is 3.91. The summed E-state index contributed by atoms with van der Waals surface area (Å²) in [5.41, 5.74) is 5.22. The van der Waals surface area contributed by atoms with Crippen molar-refractivity contribution in [2.75, 3.05) is 13.2 Å². The van der Waals surface area contributed by atoms with Gasteiger partial charge >= 0.3 is 0 Å². The highest BCUT2D eigenvalue weighted by Gasteiger charge is 2.21. The molecule has 10 heavy (non-hydrogen) atoms. The Kier molecular flexibility index (Phi) is 3.12. The molecule has 0 bridgehead atoms. The number of ether oxygens (including phenoxy) is 1. The van der Waals surface area contributed by atoms with Crippen LogP contribution in [0.5, 0.6) is 0 Å². The van der Waals surface area contributed by atoms with E-state index in [9.17, 15) is 0 Å². The lowest BCUT2D eigenvalue weighted by molar-refractivity contribution is 0.167. The largest absolute Gasteiger partial charge is 0.392 e. The van der Waals surface area contributed by atoms with Crippen LogP contribution in [0.15, 0.2) is 0 Å². The van der Waals surface area contributed by atoms with E-state index in [-0.39, 0.29) is 6.10 Å². The van der Waals surface area contributed by atoms with Gasteiger partial charge in [0.05, 0.1) is 18.8 Å². The number of nitrogens with two attached hydrogens (primary N) is 1. The average molecular weight is 145 g/mol. The van der Waals surface area contributed by atoms with Gasteiger partial charge in [0.2, 0.25) is 0 Å². The molecule has 0 radical (unpaired) electrons. The van der Waals surface area contributed by atoms with Gasteiger partial charge in [0.25, 0.3) is 0 Å². The minimum absolute atomic E-state index is 0.307. The first kappa shape index (κ1) is 7.98. The van der Waals surface area contributed by atoms with Crippen molar-refractivity contribution in [1.29, 1.82) is 0 Å². The summed E-state index contributed by atoms with van der Waals surface area (Å²) in [6.07, 6.45) is 3.11. The van der Waals surface area contributed by atoms with Gasteiger partial charge in [0.1, 0.15) is 0 Å².